The lowest BCUT2D eigenvalue weighted by Gasteiger charge is -2.20. The molecular formula is C15H23NS. The third-order valence-electron chi connectivity index (χ3n) is 3.57. The van der Waals surface area contributed by atoms with Gasteiger partial charge in [0.1, 0.15) is 0 Å². The number of hydrogen-bond acceptors (Lipinski definition) is 2. The van der Waals surface area contributed by atoms with Crippen LogP contribution in [0, 0.1) is 5.92 Å². The van der Waals surface area contributed by atoms with Gasteiger partial charge in [-0.25, -0.2) is 0 Å². The standard InChI is InChI=1S/C15H23NS/c1-15(2,3)13-6-4-11(5-7-13)8-12-9-17-10-14(12)16/h4-7,12,14H,8-10,16H2,1-3H3. The SMILES string of the molecule is CC(C)(C)c1ccc(CC2CSCC2N)cc1. The molecule has 0 bridgehead atoms. The second-order valence-electron chi connectivity index (χ2n) is 6.11. The molecule has 1 nitrogen and oxygen atoms in total. The van der Waals surface area contributed by atoms with Gasteiger partial charge in [-0.15, -0.1) is 0 Å². The molecule has 1 heterocycles. The molecule has 1 aliphatic rings. The number of thioether (sulfide) groups is 1. The first-order valence-corrected chi connectivity index (χ1v) is 7.55. The van der Waals surface area contributed by atoms with Crippen LogP contribution < -0.4 is 5.73 Å². The summed E-state index contributed by atoms with van der Waals surface area (Å²) in [6.45, 7) is 6.77. The van der Waals surface area contributed by atoms with Gasteiger partial charge in [-0.1, -0.05) is 45.0 Å². The topological polar surface area (TPSA) is 26.0 Å². The summed E-state index contributed by atoms with van der Waals surface area (Å²) in [5.41, 5.74) is 9.19. The van der Waals surface area contributed by atoms with Gasteiger partial charge in [0.15, 0.2) is 0 Å². The van der Waals surface area contributed by atoms with Crippen molar-refractivity contribution < 1.29 is 0 Å². The Hall–Kier alpha value is -0.470. The quantitative estimate of drug-likeness (QED) is 0.871. The van der Waals surface area contributed by atoms with Crippen molar-refractivity contribution in [3.8, 4) is 0 Å². The molecule has 1 saturated heterocycles. The summed E-state index contributed by atoms with van der Waals surface area (Å²) in [5.74, 6) is 3.02. The summed E-state index contributed by atoms with van der Waals surface area (Å²) in [5, 5.41) is 0. The molecule has 2 N–H and O–H groups in total. The fourth-order valence-electron chi connectivity index (χ4n) is 2.27. The van der Waals surface area contributed by atoms with Crippen LogP contribution in [0.3, 0.4) is 0 Å². The Bertz CT molecular complexity index is 364. The summed E-state index contributed by atoms with van der Waals surface area (Å²) >= 11 is 1.99. The minimum Gasteiger partial charge on any atom is -0.327 e. The van der Waals surface area contributed by atoms with E-state index in [-0.39, 0.29) is 5.41 Å². The number of hydrogen-bond donors (Lipinski definition) is 1. The van der Waals surface area contributed by atoms with E-state index in [1.165, 1.54) is 16.9 Å². The van der Waals surface area contributed by atoms with Crippen LogP contribution in [0.25, 0.3) is 0 Å². The van der Waals surface area contributed by atoms with E-state index in [0.717, 1.165) is 12.2 Å². The maximum absolute atomic E-state index is 6.11. The number of nitrogens with two attached hydrogens (primary N) is 1. The van der Waals surface area contributed by atoms with E-state index in [1.807, 2.05) is 11.8 Å². The summed E-state index contributed by atoms with van der Waals surface area (Å²) in [6, 6.07) is 9.47. The van der Waals surface area contributed by atoms with Crippen molar-refractivity contribution in [3.63, 3.8) is 0 Å². The van der Waals surface area contributed by atoms with Gasteiger partial charge >= 0.3 is 0 Å². The molecule has 2 atom stereocenters. The zero-order chi connectivity index (χ0) is 12.5. The zero-order valence-electron chi connectivity index (χ0n) is 11.1. The maximum atomic E-state index is 6.11. The Morgan fingerprint density at radius 2 is 1.82 bits per heavy atom. The molecule has 2 rings (SSSR count). The van der Waals surface area contributed by atoms with Crippen LogP contribution in [0.5, 0.6) is 0 Å². The Morgan fingerprint density at radius 3 is 2.29 bits per heavy atom. The molecule has 0 aliphatic carbocycles. The molecule has 1 aromatic carbocycles. The Labute approximate surface area is 109 Å². The van der Waals surface area contributed by atoms with Crippen molar-refractivity contribution in [3.05, 3.63) is 35.4 Å². The van der Waals surface area contributed by atoms with E-state index in [1.54, 1.807) is 0 Å². The molecule has 0 amide bonds. The van der Waals surface area contributed by atoms with Crippen molar-refractivity contribution in [1.29, 1.82) is 0 Å². The van der Waals surface area contributed by atoms with Crippen LogP contribution in [0.2, 0.25) is 0 Å². The summed E-state index contributed by atoms with van der Waals surface area (Å²) in [7, 11) is 0. The highest BCUT2D eigenvalue weighted by Crippen LogP contribution is 2.27. The van der Waals surface area contributed by atoms with Crippen LogP contribution in [0.4, 0.5) is 0 Å². The van der Waals surface area contributed by atoms with Crippen molar-refractivity contribution in [2.75, 3.05) is 11.5 Å². The van der Waals surface area contributed by atoms with Crippen LogP contribution >= 0.6 is 11.8 Å². The molecule has 1 fully saturated rings. The minimum atomic E-state index is 0.248. The maximum Gasteiger partial charge on any atom is 0.0170 e. The van der Waals surface area contributed by atoms with Gasteiger partial charge in [0.25, 0.3) is 0 Å². The predicted molar refractivity (Wildman–Crippen MR) is 77.6 cm³/mol. The molecule has 94 valence electrons. The monoisotopic (exact) mass is 249 g/mol. The van der Waals surface area contributed by atoms with E-state index in [4.69, 9.17) is 5.73 Å². The smallest absolute Gasteiger partial charge is 0.0170 e. The van der Waals surface area contributed by atoms with Crippen molar-refractivity contribution >= 4 is 11.8 Å². The lowest BCUT2D eigenvalue weighted by atomic mass is 9.86. The molecule has 1 aliphatic heterocycles. The molecule has 1 aromatic rings. The lowest BCUT2D eigenvalue weighted by molar-refractivity contribution is 0.514. The highest BCUT2D eigenvalue weighted by molar-refractivity contribution is 7.99. The average molecular weight is 249 g/mol. The first-order valence-electron chi connectivity index (χ1n) is 6.39. The van der Waals surface area contributed by atoms with Crippen molar-refractivity contribution in [2.24, 2.45) is 11.7 Å². The zero-order valence-corrected chi connectivity index (χ0v) is 11.9. The van der Waals surface area contributed by atoms with E-state index >= 15 is 0 Å². The molecule has 2 heteroatoms. The van der Waals surface area contributed by atoms with Gasteiger partial charge in [0.2, 0.25) is 0 Å². The highest BCUT2D eigenvalue weighted by atomic mass is 32.2. The van der Waals surface area contributed by atoms with E-state index < -0.39 is 0 Å². The first-order chi connectivity index (χ1) is 7.97. The molecule has 0 radical (unpaired) electrons. The van der Waals surface area contributed by atoms with Crippen LogP contribution in [-0.4, -0.2) is 17.5 Å². The van der Waals surface area contributed by atoms with Gasteiger partial charge in [-0.3, -0.25) is 0 Å². The number of rotatable bonds is 2. The Morgan fingerprint density at radius 1 is 1.18 bits per heavy atom. The highest BCUT2D eigenvalue weighted by Gasteiger charge is 2.24. The van der Waals surface area contributed by atoms with E-state index in [9.17, 15) is 0 Å². The molecule has 17 heavy (non-hydrogen) atoms. The fourth-order valence-corrected chi connectivity index (χ4v) is 3.62. The minimum absolute atomic E-state index is 0.248. The van der Waals surface area contributed by atoms with Gasteiger partial charge in [-0.05, 0) is 34.6 Å². The van der Waals surface area contributed by atoms with Gasteiger partial charge < -0.3 is 5.73 Å². The normalized spacial score (nSPS) is 25.2. The second-order valence-corrected chi connectivity index (χ2v) is 7.19. The Balaban J connectivity index is 2.03. The third kappa shape index (κ3) is 3.26. The molecule has 2 unspecified atom stereocenters. The van der Waals surface area contributed by atoms with E-state index in [0.29, 0.717) is 12.0 Å². The second kappa shape index (κ2) is 5.03. The van der Waals surface area contributed by atoms with Crippen molar-refractivity contribution in [2.45, 2.75) is 38.6 Å². The Kier molecular flexibility index (Phi) is 3.84. The van der Waals surface area contributed by atoms with Gasteiger partial charge in [-0.2, -0.15) is 11.8 Å². The summed E-state index contributed by atoms with van der Waals surface area (Å²) in [4.78, 5) is 0. The van der Waals surface area contributed by atoms with Crippen LogP contribution in [0.1, 0.15) is 31.9 Å². The molecule has 0 saturated carbocycles. The van der Waals surface area contributed by atoms with Gasteiger partial charge in [0, 0.05) is 11.8 Å². The summed E-state index contributed by atoms with van der Waals surface area (Å²) < 4.78 is 0. The van der Waals surface area contributed by atoms with Crippen LogP contribution in [-0.2, 0) is 11.8 Å². The fraction of sp³-hybridized carbons (Fsp3) is 0.600. The van der Waals surface area contributed by atoms with E-state index in [2.05, 4.69) is 45.0 Å². The third-order valence-corrected chi connectivity index (χ3v) is 4.85. The average Bonchev–Trinajstić information content (AvgIpc) is 2.64. The lowest BCUT2D eigenvalue weighted by Crippen LogP contribution is -2.29. The number of benzene rings is 1. The summed E-state index contributed by atoms with van der Waals surface area (Å²) in [6.07, 6.45) is 1.14. The molecular weight excluding hydrogens is 226 g/mol. The van der Waals surface area contributed by atoms with Crippen LogP contribution in [0.15, 0.2) is 24.3 Å². The first kappa shape index (κ1) is 13.0. The largest absolute Gasteiger partial charge is 0.327 e. The van der Waals surface area contributed by atoms with Crippen molar-refractivity contribution in [1.82, 2.24) is 0 Å². The predicted octanol–water partition coefficient (Wildman–Crippen LogP) is 3.22. The van der Waals surface area contributed by atoms with Gasteiger partial charge in [0.05, 0.1) is 0 Å². The molecule has 0 spiro atoms. The molecule has 0 aromatic heterocycles.